The van der Waals surface area contributed by atoms with Crippen LogP contribution >= 0.6 is 0 Å². The number of benzene rings is 2. The summed E-state index contributed by atoms with van der Waals surface area (Å²) < 4.78 is 32.8. The first-order valence-electron chi connectivity index (χ1n) is 10.4. The molecule has 0 bridgehead atoms. The topological polar surface area (TPSA) is 83.7 Å². The van der Waals surface area contributed by atoms with Gasteiger partial charge in [-0.1, -0.05) is 36.4 Å². The first-order valence-corrected chi connectivity index (χ1v) is 11.9. The number of amides is 1. The molecule has 5 rings (SSSR count). The Bertz CT molecular complexity index is 1180. The highest BCUT2D eigenvalue weighted by Crippen LogP contribution is 2.36. The van der Waals surface area contributed by atoms with Crippen molar-refractivity contribution in [2.45, 2.75) is 22.8 Å². The summed E-state index contributed by atoms with van der Waals surface area (Å²) in [5.41, 5.74) is 0.709. The van der Waals surface area contributed by atoms with E-state index in [-0.39, 0.29) is 33.5 Å². The lowest BCUT2D eigenvalue weighted by molar-refractivity contribution is -0.132. The Morgan fingerprint density at radius 3 is 2.13 bits per heavy atom. The molecule has 1 saturated heterocycles. The minimum absolute atomic E-state index is 0.0838. The predicted molar refractivity (Wildman–Crippen MR) is 115 cm³/mol. The Kier molecular flexibility index (Phi) is 5.02. The SMILES string of the molecule is O=C(C1CC1)N1CCN(c2oc(-c3ccccc3)nc2S(=O)(=O)c2ccccc2)CC1. The lowest BCUT2D eigenvalue weighted by atomic mass is 10.2. The van der Waals surface area contributed by atoms with E-state index in [0.29, 0.717) is 31.7 Å². The summed E-state index contributed by atoms with van der Waals surface area (Å²) in [4.78, 5) is 20.7. The molecule has 3 aromatic rings. The molecule has 160 valence electrons. The maximum Gasteiger partial charge on any atom is 0.236 e. The van der Waals surface area contributed by atoms with Crippen LogP contribution in [-0.2, 0) is 14.6 Å². The second kappa shape index (κ2) is 7.85. The molecule has 0 radical (unpaired) electrons. The second-order valence-corrected chi connectivity index (χ2v) is 9.76. The van der Waals surface area contributed by atoms with Crippen molar-refractivity contribution in [3.63, 3.8) is 0 Å². The maximum absolute atomic E-state index is 13.4. The van der Waals surface area contributed by atoms with E-state index >= 15 is 0 Å². The number of nitrogens with zero attached hydrogens (tertiary/aromatic N) is 3. The van der Waals surface area contributed by atoms with Gasteiger partial charge in [0.15, 0.2) is 0 Å². The van der Waals surface area contributed by atoms with Crippen LogP contribution in [0, 0.1) is 5.92 Å². The molecule has 1 saturated carbocycles. The van der Waals surface area contributed by atoms with E-state index in [0.717, 1.165) is 12.8 Å². The van der Waals surface area contributed by atoms with Crippen LogP contribution < -0.4 is 4.90 Å². The van der Waals surface area contributed by atoms with Gasteiger partial charge in [0, 0.05) is 37.7 Å². The Balaban J connectivity index is 1.50. The molecular weight excluding hydrogens is 414 g/mol. The third-order valence-electron chi connectivity index (χ3n) is 5.71. The van der Waals surface area contributed by atoms with Crippen molar-refractivity contribution in [1.29, 1.82) is 0 Å². The van der Waals surface area contributed by atoms with Crippen molar-refractivity contribution in [2.75, 3.05) is 31.1 Å². The largest absolute Gasteiger partial charge is 0.419 e. The summed E-state index contributed by atoms with van der Waals surface area (Å²) in [6.07, 6.45) is 1.95. The first kappa shape index (κ1) is 19.8. The van der Waals surface area contributed by atoms with E-state index < -0.39 is 9.84 Å². The van der Waals surface area contributed by atoms with Crippen LogP contribution in [0.15, 0.2) is 75.0 Å². The lowest BCUT2D eigenvalue weighted by Gasteiger charge is -2.34. The van der Waals surface area contributed by atoms with Crippen LogP contribution in [0.5, 0.6) is 0 Å². The van der Waals surface area contributed by atoms with E-state index in [4.69, 9.17) is 4.42 Å². The number of sulfone groups is 1. The van der Waals surface area contributed by atoms with Crippen LogP contribution in [-0.4, -0.2) is 50.4 Å². The zero-order valence-corrected chi connectivity index (χ0v) is 17.8. The maximum atomic E-state index is 13.4. The molecule has 8 heteroatoms. The number of carbonyl (C=O) groups is 1. The fourth-order valence-corrected chi connectivity index (χ4v) is 5.15. The Labute approximate surface area is 181 Å². The molecule has 1 aliphatic heterocycles. The van der Waals surface area contributed by atoms with Crippen molar-refractivity contribution >= 4 is 21.6 Å². The number of oxazole rings is 1. The Morgan fingerprint density at radius 1 is 0.903 bits per heavy atom. The fourth-order valence-electron chi connectivity index (χ4n) is 3.81. The average molecular weight is 438 g/mol. The van der Waals surface area contributed by atoms with Crippen molar-refractivity contribution in [2.24, 2.45) is 5.92 Å². The summed E-state index contributed by atoms with van der Waals surface area (Å²) in [7, 11) is -3.87. The lowest BCUT2D eigenvalue weighted by Crippen LogP contribution is -2.49. The molecule has 2 aliphatic rings. The predicted octanol–water partition coefficient (Wildman–Crippen LogP) is 3.23. The molecular formula is C23H23N3O4S. The summed E-state index contributed by atoms with van der Waals surface area (Å²) in [5.74, 6) is 0.887. The van der Waals surface area contributed by atoms with Gasteiger partial charge in [-0.05, 0) is 37.1 Å². The van der Waals surface area contributed by atoms with Gasteiger partial charge in [0.1, 0.15) is 0 Å². The smallest absolute Gasteiger partial charge is 0.236 e. The van der Waals surface area contributed by atoms with Crippen LogP contribution in [0.4, 0.5) is 5.88 Å². The van der Waals surface area contributed by atoms with E-state index in [2.05, 4.69) is 4.98 Å². The summed E-state index contributed by atoms with van der Waals surface area (Å²) in [6, 6.07) is 17.5. The van der Waals surface area contributed by atoms with Crippen molar-refractivity contribution in [3.05, 3.63) is 60.7 Å². The highest BCUT2D eigenvalue weighted by Gasteiger charge is 2.37. The number of piperazine rings is 1. The van der Waals surface area contributed by atoms with Gasteiger partial charge in [0.25, 0.3) is 0 Å². The molecule has 1 aromatic heterocycles. The zero-order valence-electron chi connectivity index (χ0n) is 17.0. The summed E-state index contributed by atoms with van der Waals surface area (Å²) in [6.45, 7) is 2.08. The number of carbonyl (C=O) groups excluding carboxylic acids is 1. The molecule has 0 unspecified atom stereocenters. The standard InChI is InChI=1S/C23H23N3O4S/c27-22(18-11-12-18)25-13-15-26(16-14-25)23-21(31(28,29)19-9-5-2-6-10-19)24-20(30-23)17-7-3-1-4-8-17/h1-10,18H,11-16H2. The highest BCUT2D eigenvalue weighted by atomic mass is 32.2. The number of anilines is 1. The summed E-state index contributed by atoms with van der Waals surface area (Å²) >= 11 is 0. The molecule has 0 N–H and O–H groups in total. The zero-order chi connectivity index (χ0) is 21.4. The van der Waals surface area contributed by atoms with Crippen molar-refractivity contribution in [3.8, 4) is 11.5 Å². The quantitative estimate of drug-likeness (QED) is 0.609. The second-order valence-electron chi connectivity index (χ2n) is 7.90. The molecule has 1 aliphatic carbocycles. The van der Waals surface area contributed by atoms with Gasteiger partial charge in [-0.15, -0.1) is 0 Å². The number of hydrogen-bond acceptors (Lipinski definition) is 6. The molecule has 0 spiro atoms. The van der Waals surface area contributed by atoms with E-state index in [9.17, 15) is 13.2 Å². The van der Waals surface area contributed by atoms with E-state index in [1.165, 1.54) is 0 Å². The Morgan fingerprint density at radius 2 is 1.52 bits per heavy atom. The minimum Gasteiger partial charge on any atom is -0.419 e. The molecule has 1 amide bonds. The van der Waals surface area contributed by atoms with Crippen molar-refractivity contribution < 1.29 is 17.6 Å². The molecule has 0 atom stereocenters. The highest BCUT2D eigenvalue weighted by molar-refractivity contribution is 7.91. The third kappa shape index (κ3) is 3.83. The first-order chi connectivity index (χ1) is 15.0. The van der Waals surface area contributed by atoms with Gasteiger partial charge in [0.05, 0.1) is 4.90 Å². The number of aromatic nitrogens is 1. The molecule has 2 aromatic carbocycles. The average Bonchev–Trinajstić information content (AvgIpc) is 3.57. The number of rotatable bonds is 5. The van der Waals surface area contributed by atoms with Gasteiger partial charge in [-0.3, -0.25) is 4.79 Å². The van der Waals surface area contributed by atoms with Gasteiger partial charge < -0.3 is 14.2 Å². The Hall–Kier alpha value is -3.13. The normalized spacial score (nSPS) is 17.0. The van der Waals surface area contributed by atoms with Crippen LogP contribution in [0.2, 0.25) is 0 Å². The number of hydrogen-bond donors (Lipinski definition) is 0. The van der Waals surface area contributed by atoms with E-state index in [1.54, 1.807) is 30.3 Å². The van der Waals surface area contributed by atoms with Gasteiger partial charge >= 0.3 is 0 Å². The van der Waals surface area contributed by atoms with E-state index in [1.807, 2.05) is 40.1 Å². The summed E-state index contributed by atoms with van der Waals surface area (Å²) in [5, 5.41) is -0.0838. The molecule has 2 fully saturated rings. The third-order valence-corrected chi connectivity index (χ3v) is 7.38. The van der Waals surface area contributed by atoms with Crippen LogP contribution in [0.1, 0.15) is 12.8 Å². The minimum atomic E-state index is -3.87. The van der Waals surface area contributed by atoms with Gasteiger partial charge in [-0.25, -0.2) is 8.42 Å². The van der Waals surface area contributed by atoms with Gasteiger partial charge in [0.2, 0.25) is 32.5 Å². The fraction of sp³-hybridized carbons (Fsp3) is 0.304. The van der Waals surface area contributed by atoms with Crippen LogP contribution in [0.3, 0.4) is 0 Å². The van der Waals surface area contributed by atoms with Crippen LogP contribution in [0.25, 0.3) is 11.5 Å². The molecule has 7 nitrogen and oxygen atoms in total. The monoisotopic (exact) mass is 437 g/mol. The van der Waals surface area contributed by atoms with Gasteiger partial charge in [-0.2, -0.15) is 4.98 Å². The molecule has 2 heterocycles. The van der Waals surface area contributed by atoms with Crippen molar-refractivity contribution in [1.82, 2.24) is 9.88 Å². The molecule has 31 heavy (non-hydrogen) atoms.